The van der Waals surface area contributed by atoms with Crippen LogP contribution >= 0.6 is 11.6 Å². The molecule has 2 aromatic rings. The number of carbonyl (C=O) groups is 3. The van der Waals surface area contributed by atoms with E-state index in [1.807, 2.05) is 6.92 Å². The third kappa shape index (κ3) is 4.24. The number of aromatic nitrogens is 2. The quantitative estimate of drug-likeness (QED) is 0.666. The first-order chi connectivity index (χ1) is 15.8. The lowest BCUT2D eigenvalue weighted by atomic mass is 9.90. The lowest BCUT2D eigenvalue weighted by Crippen LogP contribution is -2.65. The zero-order valence-electron chi connectivity index (χ0n) is 19.2. The number of nitrogens with zero attached hydrogens (tertiary/aromatic N) is 3. The van der Waals surface area contributed by atoms with Crippen molar-refractivity contribution in [2.45, 2.75) is 71.0 Å². The average Bonchev–Trinajstić information content (AvgIpc) is 3.21. The molecule has 176 valence electrons. The van der Waals surface area contributed by atoms with Crippen LogP contribution in [0.15, 0.2) is 24.3 Å². The number of hydrogen-bond acceptors (Lipinski definition) is 5. The van der Waals surface area contributed by atoms with E-state index in [1.165, 1.54) is 22.1 Å². The molecule has 2 heterocycles. The van der Waals surface area contributed by atoms with Crippen LogP contribution in [0.25, 0.3) is 0 Å². The van der Waals surface area contributed by atoms with Gasteiger partial charge in [0.05, 0.1) is 13.2 Å². The summed E-state index contributed by atoms with van der Waals surface area (Å²) in [4.78, 5) is 41.2. The maximum atomic E-state index is 13.8. The number of benzene rings is 1. The highest BCUT2D eigenvalue weighted by molar-refractivity contribution is 6.32. The molecule has 1 saturated carbocycles. The van der Waals surface area contributed by atoms with E-state index in [1.54, 1.807) is 32.0 Å². The van der Waals surface area contributed by atoms with E-state index in [0.29, 0.717) is 16.3 Å². The van der Waals surface area contributed by atoms with E-state index < -0.39 is 17.4 Å². The molecule has 1 aromatic carbocycles. The highest BCUT2D eigenvalue weighted by atomic mass is 35.5. The predicted molar refractivity (Wildman–Crippen MR) is 125 cm³/mol. The van der Waals surface area contributed by atoms with Gasteiger partial charge in [-0.25, -0.2) is 4.79 Å². The normalized spacial score (nSPS) is 21.0. The van der Waals surface area contributed by atoms with Crippen molar-refractivity contribution in [3.05, 3.63) is 46.2 Å². The zero-order valence-corrected chi connectivity index (χ0v) is 19.9. The lowest BCUT2D eigenvalue weighted by molar-refractivity contribution is -0.127. The predicted octanol–water partition coefficient (Wildman–Crippen LogP) is 3.89. The third-order valence-corrected chi connectivity index (χ3v) is 6.96. The van der Waals surface area contributed by atoms with E-state index in [4.69, 9.17) is 16.3 Å². The highest BCUT2D eigenvalue weighted by Gasteiger charge is 2.50. The summed E-state index contributed by atoms with van der Waals surface area (Å²) in [6.45, 7) is 5.55. The van der Waals surface area contributed by atoms with Gasteiger partial charge in [-0.15, -0.1) is 0 Å². The fourth-order valence-corrected chi connectivity index (χ4v) is 4.86. The summed E-state index contributed by atoms with van der Waals surface area (Å²) in [6.07, 6.45) is 5.16. The summed E-state index contributed by atoms with van der Waals surface area (Å²) >= 11 is 6.37. The summed E-state index contributed by atoms with van der Waals surface area (Å²) in [5, 5.41) is 7.97. The number of halogens is 1. The number of fused-ring (bicyclic) bond motifs is 1. The molecule has 4 rings (SSSR count). The maximum absolute atomic E-state index is 13.8. The minimum absolute atomic E-state index is 0.0416. The first-order valence-electron chi connectivity index (χ1n) is 11.4. The van der Waals surface area contributed by atoms with Crippen LogP contribution in [0.3, 0.4) is 0 Å². The van der Waals surface area contributed by atoms with Crippen LogP contribution in [0.1, 0.15) is 72.5 Å². The van der Waals surface area contributed by atoms with E-state index in [2.05, 4.69) is 10.4 Å². The molecule has 9 heteroatoms. The summed E-state index contributed by atoms with van der Waals surface area (Å²) in [7, 11) is 0. The minimum atomic E-state index is -1.27. The molecular weight excluding hydrogens is 444 g/mol. The molecule has 2 aliphatic rings. The molecule has 33 heavy (non-hydrogen) atoms. The Bertz CT molecular complexity index is 1090. The third-order valence-electron chi connectivity index (χ3n) is 6.55. The largest absolute Gasteiger partial charge is 0.461 e. The Hall–Kier alpha value is -2.87. The molecular formula is C24H29ClN4O4. The molecule has 1 aliphatic carbocycles. The van der Waals surface area contributed by atoms with Gasteiger partial charge in [0.25, 0.3) is 5.91 Å². The summed E-state index contributed by atoms with van der Waals surface area (Å²) in [5.41, 5.74) is 0.247. The highest BCUT2D eigenvalue weighted by Crippen LogP contribution is 2.37. The standard InChI is InChI=1S/C24H29ClN4O4/c1-4-33-22(31)18-13-20-21(30)29(19-12-8-11-17(25)15(19)2)24(3,14-28(20)27-18)23(32)26-16-9-6-5-7-10-16/h8,11-13,16H,4-7,9-10,14H2,1-3H3,(H,26,32)/t24-/m0/s1. The minimum Gasteiger partial charge on any atom is -0.461 e. The average molecular weight is 473 g/mol. The Labute approximate surface area is 198 Å². The molecule has 1 atom stereocenters. The van der Waals surface area contributed by atoms with Crippen molar-refractivity contribution in [3.8, 4) is 0 Å². The second-order valence-electron chi connectivity index (χ2n) is 8.90. The molecule has 1 N–H and O–H groups in total. The van der Waals surface area contributed by atoms with Gasteiger partial charge in [-0.2, -0.15) is 5.10 Å². The number of hydrogen-bond donors (Lipinski definition) is 1. The number of ether oxygens (including phenoxy) is 1. The maximum Gasteiger partial charge on any atom is 0.358 e. The Kier molecular flexibility index (Phi) is 6.47. The first kappa shape index (κ1) is 23.3. The molecule has 0 radical (unpaired) electrons. The van der Waals surface area contributed by atoms with Crippen molar-refractivity contribution in [3.63, 3.8) is 0 Å². The van der Waals surface area contributed by atoms with E-state index in [0.717, 1.165) is 25.7 Å². The van der Waals surface area contributed by atoms with Gasteiger partial charge in [0.2, 0.25) is 5.91 Å². The Morgan fingerprint density at radius 1 is 1.27 bits per heavy atom. The first-order valence-corrected chi connectivity index (χ1v) is 11.8. The summed E-state index contributed by atoms with van der Waals surface area (Å²) < 4.78 is 6.49. The number of amides is 2. The molecule has 8 nitrogen and oxygen atoms in total. The monoisotopic (exact) mass is 472 g/mol. The molecule has 0 spiro atoms. The summed E-state index contributed by atoms with van der Waals surface area (Å²) in [6, 6.07) is 6.79. The number of esters is 1. The van der Waals surface area contributed by atoms with Crippen molar-refractivity contribution in [2.24, 2.45) is 0 Å². The van der Waals surface area contributed by atoms with Crippen molar-refractivity contribution in [1.82, 2.24) is 15.1 Å². The molecule has 1 aliphatic heterocycles. The number of anilines is 1. The van der Waals surface area contributed by atoms with Crippen LogP contribution in [0, 0.1) is 6.92 Å². The van der Waals surface area contributed by atoms with Gasteiger partial charge in [-0.05, 0) is 51.3 Å². The second kappa shape index (κ2) is 9.17. The van der Waals surface area contributed by atoms with Gasteiger partial charge in [0, 0.05) is 22.8 Å². The Morgan fingerprint density at radius 3 is 2.70 bits per heavy atom. The smallest absolute Gasteiger partial charge is 0.358 e. The van der Waals surface area contributed by atoms with Crippen molar-refractivity contribution < 1.29 is 19.1 Å². The van der Waals surface area contributed by atoms with Crippen LogP contribution in [0.4, 0.5) is 5.69 Å². The number of carbonyl (C=O) groups excluding carboxylic acids is 3. The zero-order chi connectivity index (χ0) is 23.8. The van der Waals surface area contributed by atoms with Crippen molar-refractivity contribution >= 4 is 35.1 Å². The SMILES string of the molecule is CCOC(=O)c1cc2n(n1)C[C@@](C)(C(=O)NC1CCCCC1)N(c1cccc(Cl)c1C)C2=O. The van der Waals surface area contributed by atoms with Gasteiger partial charge < -0.3 is 10.1 Å². The fraction of sp³-hybridized carbons (Fsp3) is 0.500. The van der Waals surface area contributed by atoms with E-state index in [-0.39, 0.29) is 36.5 Å². The van der Waals surface area contributed by atoms with Gasteiger partial charge in [0.1, 0.15) is 11.2 Å². The molecule has 2 amide bonds. The number of nitrogens with one attached hydrogen (secondary N) is 1. The van der Waals surface area contributed by atoms with Gasteiger partial charge in [0.15, 0.2) is 5.69 Å². The van der Waals surface area contributed by atoms with E-state index in [9.17, 15) is 14.4 Å². The molecule has 1 fully saturated rings. The Morgan fingerprint density at radius 2 is 2.00 bits per heavy atom. The van der Waals surface area contributed by atoms with Gasteiger partial charge in [-0.3, -0.25) is 19.2 Å². The van der Waals surface area contributed by atoms with Crippen molar-refractivity contribution in [2.75, 3.05) is 11.5 Å². The van der Waals surface area contributed by atoms with Crippen LogP contribution in [0.2, 0.25) is 5.02 Å². The molecule has 0 bridgehead atoms. The topological polar surface area (TPSA) is 93.5 Å². The van der Waals surface area contributed by atoms with Gasteiger partial charge >= 0.3 is 5.97 Å². The van der Waals surface area contributed by atoms with Crippen LogP contribution in [0.5, 0.6) is 0 Å². The molecule has 0 unspecified atom stereocenters. The lowest BCUT2D eigenvalue weighted by Gasteiger charge is -2.44. The van der Waals surface area contributed by atoms with Crippen LogP contribution in [-0.4, -0.2) is 45.8 Å². The van der Waals surface area contributed by atoms with E-state index >= 15 is 0 Å². The fourth-order valence-electron chi connectivity index (χ4n) is 4.69. The van der Waals surface area contributed by atoms with Crippen molar-refractivity contribution in [1.29, 1.82) is 0 Å². The second-order valence-corrected chi connectivity index (χ2v) is 9.31. The molecule has 0 saturated heterocycles. The van der Waals surface area contributed by atoms with Crippen LogP contribution in [-0.2, 0) is 16.1 Å². The number of rotatable bonds is 5. The summed E-state index contributed by atoms with van der Waals surface area (Å²) in [5.74, 6) is -1.28. The van der Waals surface area contributed by atoms with Crippen LogP contribution < -0.4 is 10.2 Å². The van der Waals surface area contributed by atoms with Gasteiger partial charge in [-0.1, -0.05) is 36.9 Å². The Balaban J connectivity index is 1.78. The molecule has 1 aromatic heterocycles.